The molecule has 0 spiro atoms. The summed E-state index contributed by atoms with van der Waals surface area (Å²) in [6.07, 6.45) is 4.09. The first kappa shape index (κ1) is 24.0. The summed E-state index contributed by atoms with van der Waals surface area (Å²) in [5, 5.41) is 21.4. The van der Waals surface area contributed by atoms with Crippen molar-refractivity contribution >= 4 is 35.1 Å². The number of nitrogens with one attached hydrogen (secondary N) is 4. The molecule has 0 radical (unpaired) electrons. The van der Waals surface area contributed by atoms with E-state index in [0.29, 0.717) is 66.5 Å². The highest BCUT2D eigenvalue weighted by Gasteiger charge is 2.35. The summed E-state index contributed by atoms with van der Waals surface area (Å²) >= 11 is 1.61. The van der Waals surface area contributed by atoms with E-state index in [1.54, 1.807) is 17.4 Å². The van der Waals surface area contributed by atoms with E-state index in [1.807, 2.05) is 23.2 Å². The van der Waals surface area contributed by atoms with Gasteiger partial charge in [-0.15, -0.1) is 11.3 Å². The van der Waals surface area contributed by atoms with Gasteiger partial charge in [0.15, 0.2) is 0 Å². The number of hydrogen-bond donors (Lipinski definition) is 4. The maximum Gasteiger partial charge on any atom is 0.266 e. The van der Waals surface area contributed by atoms with Crippen LogP contribution in [0.3, 0.4) is 0 Å². The first-order valence-corrected chi connectivity index (χ1v) is 13.5. The number of fused-ring (bicyclic) bond motifs is 3. The maximum atomic E-state index is 13.2. The van der Waals surface area contributed by atoms with Gasteiger partial charge < -0.3 is 15.0 Å². The highest BCUT2D eigenvalue weighted by atomic mass is 32.1. The molecule has 1 aliphatic carbocycles. The Balaban J connectivity index is 1.30. The van der Waals surface area contributed by atoms with Crippen LogP contribution in [0.5, 0.6) is 0 Å². The number of amides is 2. The summed E-state index contributed by atoms with van der Waals surface area (Å²) in [4.78, 5) is 29.1. The van der Waals surface area contributed by atoms with Crippen molar-refractivity contribution in [3.63, 3.8) is 0 Å². The summed E-state index contributed by atoms with van der Waals surface area (Å²) in [7, 11) is 0. The molecule has 4 heterocycles. The Labute approximate surface area is 218 Å². The van der Waals surface area contributed by atoms with Crippen molar-refractivity contribution < 1.29 is 14.3 Å². The molecule has 1 aromatic carbocycles. The molecular formula is C26H29N7O3S. The molecule has 37 heavy (non-hydrogen) atoms. The van der Waals surface area contributed by atoms with Crippen LogP contribution in [0.2, 0.25) is 0 Å². The predicted octanol–water partition coefficient (Wildman–Crippen LogP) is 2.72. The molecule has 3 aliphatic rings. The number of nitrogens with zero attached hydrogens (tertiary/aromatic N) is 3. The lowest BCUT2D eigenvalue weighted by Crippen LogP contribution is -2.48. The SMILES string of the molecule is N=C1c2c(C(=O)NN3CCOCC3)cccc2-c2n[nH]c(-c3sc(CCN4CCCC4)cc3NC=O)c21. The molecule has 2 fully saturated rings. The average Bonchev–Trinajstić information content (AvgIpc) is 3.70. The summed E-state index contributed by atoms with van der Waals surface area (Å²) in [6, 6.07) is 7.49. The smallest absolute Gasteiger partial charge is 0.266 e. The number of H-pyrrole nitrogens is 1. The molecule has 3 aromatic rings. The fourth-order valence-electron chi connectivity index (χ4n) is 5.35. The number of rotatable bonds is 8. The lowest BCUT2D eigenvalue weighted by molar-refractivity contribution is -0.105. The fourth-order valence-corrected chi connectivity index (χ4v) is 6.46. The van der Waals surface area contributed by atoms with Crippen LogP contribution in [0.25, 0.3) is 21.8 Å². The largest absolute Gasteiger partial charge is 0.379 e. The Bertz CT molecular complexity index is 1350. The van der Waals surface area contributed by atoms with E-state index < -0.39 is 0 Å². The van der Waals surface area contributed by atoms with E-state index in [1.165, 1.54) is 17.7 Å². The number of hydrazine groups is 1. The molecule has 6 rings (SSSR count). The van der Waals surface area contributed by atoms with Crippen molar-refractivity contribution in [3.8, 4) is 21.8 Å². The fraction of sp³-hybridized carbons (Fsp3) is 0.385. The second kappa shape index (κ2) is 10.2. The molecule has 0 saturated carbocycles. The van der Waals surface area contributed by atoms with Crippen LogP contribution in [0.4, 0.5) is 5.69 Å². The number of morpholine rings is 1. The van der Waals surface area contributed by atoms with Crippen LogP contribution >= 0.6 is 11.3 Å². The minimum atomic E-state index is -0.247. The zero-order valence-electron chi connectivity index (χ0n) is 20.4. The second-order valence-corrected chi connectivity index (χ2v) is 10.6. The van der Waals surface area contributed by atoms with Crippen LogP contribution in [0.15, 0.2) is 24.3 Å². The Kier molecular flexibility index (Phi) is 6.59. The minimum absolute atomic E-state index is 0.247. The molecule has 0 atom stereocenters. The predicted molar refractivity (Wildman–Crippen MR) is 142 cm³/mol. The van der Waals surface area contributed by atoms with E-state index in [0.717, 1.165) is 36.5 Å². The topological polar surface area (TPSA) is 126 Å². The maximum absolute atomic E-state index is 13.2. The number of aromatic amines is 1. The number of likely N-dealkylation sites (tertiary alicyclic amines) is 1. The van der Waals surface area contributed by atoms with Crippen molar-refractivity contribution in [1.82, 2.24) is 25.5 Å². The Hall–Kier alpha value is -3.38. The number of anilines is 1. The third kappa shape index (κ3) is 4.48. The number of hydrogen-bond acceptors (Lipinski definition) is 8. The molecule has 2 saturated heterocycles. The van der Waals surface area contributed by atoms with Crippen molar-refractivity contribution in [2.75, 3.05) is 51.3 Å². The number of benzene rings is 1. The first-order chi connectivity index (χ1) is 18.1. The monoisotopic (exact) mass is 519 g/mol. The number of ether oxygens (including phenoxy) is 1. The summed E-state index contributed by atoms with van der Waals surface area (Å²) < 4.78 is 5.37. The van der Waals surface area contributed by atoms with Crippen LogP contribution in [-0.2, 0) is 16.0 Å². The molecule has 0 unspecified atom stereocenters. The van der Waals surface area contributed by atoms with Gasteiger partial charge in [-0.3, -0.25) is 25.5 Å². The molecule has 4 N–H and O–H groups in total. The first-order valence-electron chi connectivity index (χ1n) is 12.6. The Morgan fingerprint density at radius 2 is 2.00 bits per heavy atom. The molecular weight excluding hydrogens is 490 g/mol. The molecule has 0 bridgehead atoms. The number of carbonyl (C=O) groups excluding carboxylic acids is 2. The lowest BCUT2D eigenvalue weighted by atomic mass is 10.00. The molecule has 11 heteroatoms. The van der Waals surface area contributed by atoms with Gasteiger partial charge in [-0.1, -0.05) is 12.1 Å². The van der Waals surface area contributed by atoms with Gasteiger partial charge in [0, 0.05) is 35.6 Å². The quantitative estimate of drug-likeness (QED) is 0.265. The highest BCUT2D eigenvalue weighted by molar-refractivity contribution is 7.16. The summed E-state index contributed by atoms with van der Waals surface area (Å²) in [5.41, 5.74) is 7.70. The van der Waals surface area contributed by atoms with Crippen molar-refractivity contribution in [2.45, 2.75) is 19.3 Å². The Morgan fingerprint density at radius 3 is 2.78 bits per heavy atom. The number of carbonyl (C=O) groups is 2. The molecule has 2 aliphatic heterocycles. The van der Waals surface area contributed by atoms with Crippen LogP contribution in [-0.4, -0.2) is 84.1 Å². The van der Waals surface area contributed by atoms with Gasteiger partial charge in [-0.2, -0.15) is 5.10 Å². The standard InChI is InChI=1S/C26H29N7O3S/c27-22-20-17(4-3-5-18(20)26(35)31-33-10-12-36-13-11-33)23-21(22)24(30-29-23)25-19(28-15-34)14-16(37-25)6-9-32-7-1-2-8-32/h3-5,14-15,27H,1-2,6-13H2,(H,28,34)(H,29,30)(H,31,35). The minimum Gasteiger partial charge on any atom is -0.379 e. The number of aromatic nitrogens is 2. The third-order valence-corrected chi connectivity index (χ3v) is 8.41. The van der Waals surface area contributed by atoms with Gasteiger partial charge in [0.25, 0.3) is 5.91 Å². The van der Waals surface area contributed by atoms with E-state index in [4.69, 9.17) is 10.1 Å². The van der Waals surface area contributed by atoms with E-state index in [9.17, 15) is 9.59 Å². The van der Waals surface area contributed by atoms with Gasteiger partial charge in [-0.05, 0) is 44.5 Å². The Morgan fingerprint density at radius 1 is 1.19 bits per heavy atom. The van der Waals surface area contributed by atoms with Gasteiger partial charge in [-0.25, -0.2) is 5.01 Å². The van der Waals surface area contributed by atoms with Crippen molar-refractivity contribution in [1.29, 1.82) is 5.41 Å². The lowest BCUT2D eigenvalue weighted by Gasteiger charge is -2.27. The van der Waals surface area contributed by atoms with Crippen molar-refractivity contribution in [2.24, 2.45) is 0 Å². The van der Waals surface area contributed by atoms with Crippen LogP contribution in [0, 0.1) is 5.41 Å². The normalized spacial score (nSPS) is 17.6. The molecule has 192 valence electrons. The van der Waals surface area contributed by atoms with Gasteiger partial charge in [0.1, 0.15) is 5.69 Å². The van der Waals surface area contributed by atoms with Gasteiger partial charge in [0.2, 0.25) is 6.41 Å². The van der Waals surface area contributed by atoms with Crippen LogP contribution < -0.4 is 10.7 Å². The second-order valence-electron chi connectivity index (χ2n) is 9.48. The molecule has 2 amide bonds. The van der Waals surface area contributed by atoms with E-state index >= 15 is 0 Å². The van der Waals surface area contributed by atoms with E-state index in [2.05, 4.69) is 25.8 Å². The average molecular weight is 520 g/mol. The zero-order valence-corrected chi connectivity index (χ0v) is 21.2. The van der Waals surface area contributed by atoms with Gasteiger partial charge >= 0.3 is 0 Å². The van der Waals surface area contributed by atoms with E-state index in [-0.39, 0.29) is 11.6 Å². The summed E-state index contributed by atoms with van der Waals surface area (Å²) in [5.74, 6) is -0.247. The zero-order chi connectivity index (χ0) is 25.4. The highest BCUT2D eigenvalue weighted by Crippen LogP contribution is 2.45. The number of thiophene rings is 1. The van der Waals surface area contributed by atoms with Gasteiger partial charge in [0.05, 0.1) is 46.3 Å². The third-order valence-electron chi connectivity index (χ3n) is 7.20. The summed E-state index contributed by atoms with van der Waals surface area (Å²) in [6.45, 7) is 5.65. The van der Waals surface area contributed by atoms with Crippen LogP contribution in [0.1, 0.15) is 39.2 Å². The molecule has 10 nitrogen and oxygen atoms in total. The molecule has 2 aromatic heterocycles. The van der Waals surface area contributed by atoms with Crippen molar-refractivity contribution in [3.05, 3.63) is 45.8 Å².